The molecule has 0 bridgehead atoms. The van der Waals surface area contributed by atoms with Crippen molar-refractivity contribution in [3.8, 4) is 0 Å². The van der Waals surface area contributed by atoms with Gasteiger partial charge in [0.1, 0.15) is 0 Å². The summed E-state index contributed by atoms with van der Waals surface area (Å²) < 4.78 is 0. The normalized spacial score (nSPS) is 22.6. The molecule has 3 heteroatoms. The molecule has 2 heterocycles. The maximum Gasteiger partial charge on any atom is 0.329 e. The van der Waals surface area contributed by atoms with Crippen molar-refractivity contribution >= 4 is 17.4 Å². The van der Waals surface area contributed by atoms with Gasteiger partial charge in [0.15, 0.2) is 0 Å². The van der Waals surface area contributed by atoms with Gasteiger partial charge < -0.3 is 0 Å². The SMILES string of the molecule is CC1Cc2ccccc2N1C(=O)N1c2ccccc2CC1C. The molecule has 2 aliphatic rings. The summed E-state index contributed by atoms with van der Waals surface area (Å²) in [4.78, 5) is 17.2. The highest BCUT2D eigenvalue weighted by atomic mass is 16.2. The number of nitrogens with zero attached hydrogens (tertiary/aromatic N) is 2. The molecule has 2 aromatic rings. The third kappa shape index (κ3) is 1.85. The number of urea groups is 1. The van der Waals surface area contributed by atoms with E-state index < -0.39 is 0 Å². The third-order valence-electron chi connectivity index (χ3n) is 4.83. The van der Waals surface area contributed by atoms with Gasteiger partial charge in [-0.3, -0.25) is 9.80 Å². The molecule has 2 atom stereocenters. The Hall–Kier alpha value is -2.29. The minimum Gasteiger partial charge on any atom is -0.291 e. The van der Waals surface area contributed by atoms with E-state index in [9.17, 15) is 4.79 Å². The number of fused-ring (bicyclic) bond motifs is 2. The van der Waals surface area contributed by atoms with Gasteiger partial charge in [-0.1, -0.05) is 36.4 Å². The van der Waals surface area contributed by atoms with Crippen LogP contribution in [0.4, 0.5) is 16.2 Å². The summed E-state index contributed by atoms with van der Waals surface area (Å²) in [6, 6.07) is 17.0. The van der Waals surface area contributed by atoms with E-state index >= 15 is 0 Å². The number of para-hydroxylation sites is 2. The lowest BCUT2D eigenvalue weighted by molar-refractivity contribution is 0.249. The second-order valence-electron chi connectivity index (χ2n) is 6.39. The molecule has 2 aliphatic heterocycles. The van der Waals surface area contributed by atoms with Crippen molar-refractivity contribution in [2.24, 2.45) is 0 Å². The van der Waals surface area contributed by atoms with Crippen LogP contribution in [0.1, 0.15) is 25.0 Å². The quantitative estimate of drug-likeness (QED) is 0.719. The highest BCUT2D eigenvalue weighted by molar-refractivity contribution is 6.06. The van der Waals surface area contributed by atoms with E-state index in [1.54, 1.807) is 0 Å². The van der Waals surface area contributed by atoms with Crippen molar-refractivity contribution in [3.05, 3.63) is 59.7 Å². The molecular weight excluding hydrogens is 272 g/mol. The van der Waals surface area contributed by atoms with Crippen LogP contribution in [0.15, 0.2) is 48.5 Å². The number of hydrogen-bond donors (Lipinski definition) is 0. The first kappa shape index (κ1) is 13.4. The third-order valence-corrected chi connectivity index (χ3v) is 4.83. The average molecular weight is 292 g/mol. The van der Waals surface area contributed by atoms with E-state index in [0.29, 0.717) is 0 Å². The van der Waals surface area contributed by atoms with Gasteiger partial charge in [-0.15, -0.1) is 0 Å². The maximum absolute atomic E-state index is 13.2. The number of amides is 2. The fourth-order valence-corrected chi connectivity index (χ4v) is 3.83. The van der Waals surface area contributed by atoms with Crippen molar-refractivity contribution in [1.82, 2.24) is 0 Å². The molecule has 3 nitrogen and oxygen atoms in total. The van der Waals surface area contributed by atoms with Gasteiger partial charge in [0.05, 0.1) is 0 Å². The second kappa shape index (κ2) is 4.87. The van der Waals surface area contributed by atoms with Gasteiger partial charge in [0.25, 0.3) is 0 Å². The van der Waals surface area contributed by atoms with Crippen LogP contribution in [0.3, 0.4) is 0 Å². The number of carbonyl (C=O) groups excluding carboxylic acids is 1. The first-order valence-electron chi connectivity index (χ1n) is 7.95. The van der Waals surface area contributed by atoms with E-state index in [1.165, 1.54) is 11.1 Å². The molecule has 0 saturated heterocycles. The van der Waals surface area contributed by atoms with E-state index in [0.717, 1.165) is 24.2 Å². The molecule has 2 unspecified atom stereocenters. The van der Waals surface area contributed by atoms with Crippen molar-refractivity contribution in [1.29, 1.82) is 0 Å². The van der Waals surface area contributed by atoms with E-state index in [1.807, 2.05) is 34.1 Å². The predicted molar refractivity (Wildman–Crippen MR) is 89.6 cm³/mol. The molecule has 22 heavy (non-hydrogen) atoms. The number of rotatable bonds is 0. The number of carbonyl (C=O) groups is 1. The van der Waals surface area contributed by atoms with E-state index in [2.05, 4.69) is 38.1 Å². The van der Waals surface area contributed by atoms with Crippen molar-refractivity contribution in [3.63, 3.8) is 0 Å². The van der Waals surface area contributed by atoms with Gasteiger partial charge in [-0.2, -0.15) is 0 Å². The Morgan fingerprint density at radius 2 is 1.23 bits per heavy atom. The Labute approximate surface area is 131 Å². The summed E-state index contributed by atoms with van der Waals surface area (Å²) in [6.07, 6.45) is 1.87. The van der Waals surface area contributed by atoms with Crippen LogP contribution in [0.5, 0.6) is 0 Å². The van der Waals surface area contributed by atoms with Crippen LogP contribution in [0.2, 0.25) is 0 Å². The number of benzene rings is 2. The fourth-order valence-electron chi connectivity index (χ4n) is 3.83. The van der Waals surface area contributed by atoms with E-state index in [4.69, 9.17) is 0 Å². The minimum atomic E-state index is 0.106. The summed E-state index contributed by atoms with van der Waals surface area (Å²) >= 11 is 0. The molecule has 2 aromatic carbocycles. The summed E-state index contributed by atoms with van der Waals surface area (Å²) in [6.45, 7) is 4.26. The molecule has 0 aromatic heterocycles. The van der Waals surface area contributed by atoms with Crippen LogP contribution in [-0.4, -0.2) is 18.1 Å². The molecule has 112 valence electrons. The van der Waals surface area contributed by atoms with Crippen molar-refractivity contribution < 1.29 is 4.79 Å². The highest BCUT2D eigenvalue weighted by Gasteiger charge is 2.38. The highest BCUT2D eigenvalue weighted by Crippen LogP contribution is 2.37. The summed E-state index contributed by atoms with van der Waals surface area (Å²) in [5.74, 6) is 0. The van der Waals surface area contributed by atoms with Gasteiger partial charge in [0.2, 0.25) is 0 Å². The average Bonchev–Trinajstić information content (AvgIpc) is 3.01. The van der Waals surface area contributed by atoms with Gasteiger partial charge >= 0.3 is 6.03 Å². The second-order valence-corrected chi connectivity index (χ2v) is 6.39. The Bertz CT molecular complexity index is 678. The van der Waals surface area contributed by atoms with Gasteiger partial charge in [0, 0.05) is 23.5 Å². The van der Waals surface area contributed by atoms with Crippen LogP contribution >= 0.6 is 0 Å². The lowest BCUT2D eigenvalue weighted by atomic mass is 10.1. The lowest BCUT2D eigenvalue weighted by Crippen LogP contribution is -2.48. The molecule has 0 N–H and O–H groups in total. The van der Waals surface area contributed by atoms with Gasteiger partial charge in [-0.05, 0) is 49.9 Å². The lowest BCUT2D eigenvalue weighted by Gasteiger charge is -2.31. The standard InChI is InChI=1S/C19H20N2O/c1-13-11-15-7-3-5-9-17(15)20(13)19(22)21-14(2)12-16-8-4-6-10-18(16)21/h3-10,13-14H,11-12H2,1-2H3. The summed E-state index contributed by atoms with van der Waals surface area (Å²) in [5.41, 5.74) is 4.67. The molecule has 0 radical (unpaired) electrons. The monoisotopic (exact) mass is 292 g/mol. The first-order chi connectivity index (χ1) is 10.7. The molecule has 0 spiro atoms. The summed E-state index contributed by atoms with van der Waals surface area (Å²) in [7, 11) is 0. The molecule has 4 rings (SSSR count). The Kier molecular flexibility index (Phi) is 2.96. The Morgan fingerprint density at radius 3 is 1.68 bits per heavy atom. The van der Waals surface area contributed by atoms with Crippen LogP contribution in [0, 0.1) is 0 Å². The predicted octanol–water partition coefficient (Wildman–Crippen LogP) is 4.01. The fraction of sp³-hybridized carbons (Fsp3) is 0.316. The van der Waals surface area contributed by atoms with Crippen LogP contribution in [0.25, 0.3) is 0 Å². The largest absolute Gasteiger partial charge is 0.329 e. The zero-order valence-corrected chi connectivity index (χ0v) is 13.0. The Balaban J connectivity index is 1.74. The Morgan fingerprint density at radius 1 is 0.818 bits per heavy atom. The molecule has 0 aliphatic carbocycles. The zero-order valence-electron chi connectivity index (χ0n) is 13.0. The van der Waals surface area contributed by atoms with Gasteiger partial charge in [-0.25, -0.2) is 4.79 Å². The number of anilines is 2. The molecule has 0 fully saturated rings. The van der Waals surface area contributed by atoms with E-state index in [-0.39, 0.29) is 18.1 Å². The topological polar surface area (TPSA) is 23.6 Å². The first-order valence-corrected chi connectivity index (χ1v) is 7.95. The zero-order chi connectivity index (χ0) is 15.3. The molecule has 2 amide bonds. The molecular formula is C19H20N2O. The van der Waals surface area contributed by atoms with Crippen molar-refractivity contribution in [2.75, 3.05) is 9.80 Å². The summed E-state index contributed by atoms with van der Waals surface area (Å²) in [5, 5.41) is 0. The van der Waals surface area contributed by atoms with Crippen LogP contribution < -0.4 is 9.80 Å². The molecule has 0 saturated carbocycles. The van der Waals surface area contributed by atoms with Crippen LogP contribution in [-0.2, 0) is 12.8 Å². The maximum atomic E-state index is 13.2. The number of hydrogen-bond acceptors (Lipinski definition) is 1. The van der Waals surface area contributed by atoms with Crippen molar-refractivity contribution in [2.45, 2.75) is 38.8 Å². The minimum absolute atomic E-state index is 0.106. The smallest absolute Gasteiger partial charge is 0.291 e.